The number of sulfonamides is 1. The lowest BCUT2D eigenvalue weighted by Gasteiger charge is -2.36. The van der Waals surface area contributed by atoms with Gasteiger partial charge in [-0.05, 0) is 31.4 Å². The van der Waals surface area contributed by atoms with E-state index in [1.54, 1.807) is 11.0 Å². The number of rotatable bonds is 7. The Morgan fingerprint density at radius 2 is 1.69 bits per heavy atom. The second-order valence-corrected chi connectivity index (χ2v) is 11.9. The molecule has 0 radical (unpaired) electrons. The highest BCUT2D eigenvalue weighted by molar-refractivity contribution is 7.89. The van der Waals surface area contributed by atoms with E-state index in [1.807, 2.05) is 58.0 Å². The van der Waals surface area contributed by atoms with Gasteiger partial charge in [0, 0.05) is 42.4 Å². The number of hydrogen-bond donors (Lipinski definition) is 1. The van der Waals surface area contributed by atoms with Gasteiger partial charge in [0.15, 0.2) is 0 Å². The first-order valence-corrected chi connectivity index (χ1v) is 13.1. The summed E-state index contributed by atoms with van der Waals surface area (Å²) in [7, 11) is -3.59. The molecule has 7 nitrogen and oxygen atoms in total. The molecule has 1 N–H and O–H groups in total. The monoisotopic (exact) mass is 477 g/mol. The Labute approximate surface area is 194 Å². The Kier molecular flexibility index (Phi) is 7.74. The number of thiophene rings is 1. The van der Waals surface area contributed by atoms with Gasteiger partial charge < -0.3 is 10.2 Å². The number of aryl methyl sites for hydroxylation is 2. The number of amides is 2. The molecule has 0 spiro atoms. The van der Waals surface area contributed by atoms with Crippen molar-refractivity contribution >= 4 is 33.2 Å². The maximum atomic E-state index is 13.3. The molecule has 174 valence electrons. The summed E-state index contributed by atoms with van der Waals surface area (Å²) in [4.78, 5) is 29.5. The predicted molar refractivity (Wildman–Crippen MR) is 126 cm³/mol. The van der Waals surface area contributed by atoms with Gasteiger partial charge in [0.25, 0.3) is 0 Å². The highest BCUT2D eigenvalue weighted by atomic mass is 32.2. The number of benzene rings is 1. The van der Waals surface area contributed by atoms with Crippen molar-refractivity contribution in [2.24, 2.45) is 5.92 Å². The van der Waals surface area contributed by atoms with Gasteiger partial charge in [-0.3, -0.25) is 9.59 Å². The average Bonchev–Trinajstić information content (AvgIpc) is 3.10. The summed E-state index contributed by atoms with van der Waals surface area (Å²) in [6, 6.07) is 10.1. The zero-order chi connectivity index (χ0) is 23.5. The molecule has 2 heterocycles. The van der Waals surface area contributed by atoms with E-state index >= 15 is 0 Å². The van der Waals surface area contributed by atoms with E-state index in [1.165, 1.54) is 15.6 Å². The van der Waals surface area contributed by atoms with Gasteiger partial charge in [0.05, 0.1) is 4.90 Å². The Hall–Kier alpha value is -2.23. The van der Waals surface area contributed by atoms with Crippen LogP contribution in [-0.4, -0.2) is 55.6 Å². The molecular formula is C23H31N3O4S2. The number of carbonyl (C=O) groups excluding carboxylic acids is 2. The summed E-state index contributed by atoms with van der Waals surface area (Å²) in [5.41, 5.74) is 0.717. The van der Waals surface area contributed by atoms with Crippen LogP contribution in [0.4, 0.5) is 0 Å². The molecular weight excluding hydrogens is 446 g/mol. The Balaban J connectivity index is 1.72. The molecule has 1 aromatic carbocycles. The Morgan fingerprint density at radius 1 is 1.06 bits per heavy atom. The van der Waals surface area contributed by atoms with Crippen LogP contribution in [0.1, 0.15) is 41.6 Å². The number of carbonyl (C=O) groups is 2. The van der Waals surface area contributed by atoms with Gasteiger partial charge in [0.1, 0.15) is 6.04 Å². The van der Waals surface area contributed by atoms with Crippen molar-refractivity contribution < 1.29 is 18.0 Å². The highest BCUT2D eigenvalue weighted by Crippen LogP contribution is 2.28. The molecule has 1 aromatic heterocycles. The number of nitrogens with zero attached hydrogens (tertiary/aromatic N) is 2. The summed E-state index contributed by atoms with van der Waals surface area (Å²) < 4.78 is 27.6. The zero-order valence-electron chi connectivity index (χ0n) is 19.0. The van der Waals surface area contributed by atoms with Gasteiger partial charge in [-0.25, -0.2) is 8.42 Å². The minimum Gasteiger partial charge on any atom is -0.341 e. The van der Waals surface area contributed by atoms with Gasteiger partial charge in [-0.2, -0.15) is 4.31 Å². The first kappa shape index (κ1) is 24.4. The van der Waals surface area contributed by atoms with Crippen molar-refractivity contribution in [2.75, 3.05) is 26.2 Å². The van der Waals surface area contributed by atoms with Gasteiger partial charge in [-0.15, -0.1) is 11.3 Å². The standard InChI is InChI=1S/C23H31N3O4S2/c1-16(2)14-21(27)24-22(19-8-6-5-7-9-19)23(28)25-10-12-26(13-11-25)32(29,30)20-15-17(3)31-18(20)4/h5-9,15-16,22H,10-14H2,1-4H3,(H,24,27). The highest BCUT2D eigenvalue weighted by Gasteiger charge is 2.34. The summed E-state index contributed by atoms with van der Waals surface area (Å²) in [5, 5.41) is 2.88. The molecule has 1 fully saturated rings. The van der Waals surface area contributed by atoms with E-state index in [0.717, 1.165) is 9.75 Å². The molecule has 1 saturated heterocycles. The van der Waals surface area contributed by atoms with Crippen LogP contribution in [-0.2, 0) is 19.6 Å². The van der Waals surface area contributed by atoms with Gasteiger partial charge >= 0.3 is 0 Å². The lowest BCUT2D eigenvalue weighted by Crippen LogP contribution is -2.53. The Morgan fingerprint density at radius 3 is 2.22 bits per heavy atom. The number of hydrogen-bond acceptors (Lipinski definition) is 5. The van der Waals surface area contributed by atoms with Gasteiger partial charge in [0.2, 0.25) is 21.8 Å². The third-order valence-electron chi connectivity index (χ3n) is 5.44. The maximum Gasteiger partial charge on any atom is 0.249 e. The average molecular weight is 478 g/mol. The molecule has 0 aliphatic carbocycles. The van der Waals surface area contributed by atoms with Crippen LogP contribution in [0.2, 0.25) is 0 Å². The van der Waals surface area contributed by atoms with Crippen LogP contribution in [0.3, 0.4) is 0 Å². The van der Waals surface area contributed by atoms with Crippen molar-refractivity contribution in [3.05, 3.63) is 51.7 Å². The first-order valence-electron chi connectivity index (χ1n) is 10.8. The molecule has 1 unspecified atom stereocenters. The van der Waals surface area contributed by atoms with Gasteiger partial charge in [-0.1, -0.05) is 44.2 Å². The molecule has 32 heavy (non-hydrogen) atoms. The normalized spacial score (nSPS) is 16.2. The van der Waals surface area contributed by atoms with E-state index in [0.29, 0.717) is 16.9 Å². The van der Waals surface area contributed by atoms with Crippen LogP contribution in [0, 0.1) is 19.8 Å². The molecule has 0 bridgehead atoms. The van der Waals surface area contributed by atoms with Crippen molar-refractivity contribution in [1.29, 1.82) is 0 Å². The first-order chi connectivity index (χ1) is 15.1. The SMILES string of the molecule is Cc1cc(S(=O)(=O)N2CCN(C(=O)C(NC(=O)CC(C)C)c3ccccc3)CC2)c(C)s1. The summed E-state index contributed by atoms with van der Waals surface area (Å²) >= 11 is 1.47. The topological polar surface area (TPSA) is 86.8 Å². The fourth-order valence-electron chi connectivity index (χ4n) is 3.86. The van der Waals surface area contributed by atoms with E-state index in [4.69, 9.17) is 0 Å². The third kappa shape index (κ3) is 5.57. The van der Waals surface area contributed by atoms with Crippen LogP contribution in [0.15, 0.2) is 41.3 Å². The van der Waals surface area contributed by atoms with E-state index in [2.05, 4.69) is 5.32 Å². The molecule has 2 aromatic rings. The lowest BCUT2D eigenvalue weighted by molar-refractivity contribution is -0.137. The molecule has 1 atom stereocenters. The van der Waals surface area contributed by atoms with Crippen molar-refractivity contribution in [3.63, 3.8) is 0 Å². The molecule has 0 saturated carbocycles. The van der Waals surface area contributed by atoms with Crippen LogP contribution < -0.4 is 5.32 Å². The van der Waals surface area contributed by atoms with Crippen molar-refractivity contribution in [1.82, 2.24) is 14.5 Å². The molecule has 9 heteroatoms. The maximum absolute atomic E-state index is 13.3. The third-order valence-corrected chi connectivity index (χ3v) is 8.56. The van der Waals surface area contributed by atoms with Crippen molar-refractivity contribution in [3.8, 4) is 0 Å². The largest absolute Gasteiger partial charge is 0.341 e. The molecule has 3 rings (SSSR count). The number of piperazine rings is 1. The summed E-state index contributed by atoms with van der Waals surface area (Å²) in [5.74, 6) is -0.209. The fourth-order valence-corrected chi connectivity index (χ4v) is 6.80. The minimum absolute atomic E-state index is 0.174. The van der Waals surface area contributed by atoms with Crippen molar-refractivity contribution in [2.45, 2.75) is 45.1 Å². The second-order valence-electron chi connectivity index (χ2n) is 8.52. The smallest absolute Gasteiger partial charge is 0.249 e. The lowest BCUT2D eigenvalue weighted by atomic mass is 10.0. The molecule has 1 aliphatic rings. The Bertz CT molecular complexity index is 1060. The molecule has 1 aliphatic heterocycles. The van der Waals surface area contributed by atoms with E-state index in [-0.39, 0.29) is 43.9 Å². The minimum atomic E-state index is -3.59. The quantitative estimate of drug-likeness (QED) is 0.664. The zero-order valence-corrected chi connectivity index (χ0v) is 20.6. The van der Waals surface area contributed by atoms with E-state index in [9.17, 15) is 18.0 Å². The second kappa shape index (κ2) is 10.1. The van der Waals surface area contributed by atoms with Crippen LogP contribution in [0.5, 0.6) is 0 Å². The predicted octanol–water partition coefficient (Wildman–Crippen LogP) is 3.10. The fraction of sp³-hybridized carbons (Fsp3) is 0.478. The number of nitrogens with one attached hydrogen (secondary N) is 1. The summed E-state index contributed by atoms with van der Waals surface area (Å²) in [6.45, 7) is 8.63. The van der Waals surface area contributed by atoms with Crippen LogP contribution in [0.25, 0.3) is 0 Å². The summed E-state index contributed by atoms with van der Waals surface area (Å²) in [6.07, 6.45) is 0.335. The molecule has 2 amide bonds. The van der Waals surface area contributed by atoms with Crippen LogP contribution >= 0.6 is 11.3 Å². The van der Waals surface area contributed by atoms with E-state index < -0.39 is 16.1 Å².